The van der Waals surface area contributed by atoms with Crippen LogP contribution < -0.4 is 5.32 Å². The molecule has 1 amide bonds. The Labute approximate surface area is 373 Å². The van der Waals surface area contributed by atoms with Gasteiger partial charge in [0, 0.05) is 6.42 Å². The van der Waals surface area contributed by atoms with Crippen LogP contribution in [0.1, 0.15) is 284 Å². The third-order valence-corrected chi connectivity index (χ3v) is 12.3. The molecule has 0 radical (unpaired) electrons. The van der Waals surface area contributed by atoms with Crippen LogP contribution in [0.3, 0.4) is 0 Å². The van der Waals surface area contributed by atoms with E-state index in [1.807, 2.05) is 0 Å². The van der Waals surface area contributed by atoms with Crippen LogP contribution in [0.25, 0.3) is 0 Å². The summed E-state index contributed by atoms with van der Waals surface area (Å²) < 4.78 is 5.94. The topological polar surface area (TPSA) is 95.9 Å². The summed E-state index contributed by atoms with van der Waals surface area (Å²) in [4.78, 5) is 26.1. The molecule has 0 aliphatic rings. The van der Waals surface area contributed by atoms with Crippen molar-refractivity contribution in [1.82, 2.24) is 5.32 Å². The summed E-state index contributed by atoms with van der Waals surface area (Å²) >= 11 is 0. The number of ether oxygens (including phenoxy) is 1. The highest BCUT2D eigenvalue weighted by Gasteiger charge is 2.24. The molecule has 354 valence electrons. The largest absolute Gasteiger partial charge is 0.462 e. The lowest BCUT2D eigenvalue weighted by molar-refractivity contribution is -0.151. The van der Waals surface area contributed by atoms with E-state index in [1.165, 1.54) is 180 Å². The SMILES string of the molecule is CCCCCCCCC/C=C/C=C/CCCCCCCC(=O)OC(CCCCCCCCCCCCCCCC)CC(=O)NC(CO)C(O)CCCCCCCCCCC. The number of hydrogen-bond donors (Lipinski definition) is 3. The zero-order valence-corrected chi connectivity index (χ0v) is 40.4. The first-order valence-electron chi connectivity index (χ1n) is 26.6. The number of carbonyl (C=O) groups excluding carboxylic acids is 2. The van der Waals surface area contributed by atoms with E-state index in [9.17, 15) is 19.8 Å². The van der Waals surface area contributed by atoms with E-state index in [-0.39, 0.29) is 24.9 Å². The third-order valence-electron chi connectivity index (χ3n) is 12.3. The van der Waals surface area contributed by atoms with Gasteiger partial charge in [0.25, 0.3) is 0 Å². The Morgan fingerprint density at radius 1 is 0.483 bits per heavy atom. The van der Waals surface area contributed by atoms with Crippen LogP contribution in [0.15, 0.2) is 24.3 Å². The van der Waals surface area contributed by atoms with E-state index >= 15 is 0 Å². The minimum Gasteiger partial charge on any atom is -0.462 e. The number of unbranched alkanes of at least 4 members (excludes halogenated alkanes) is 33. The van der Waals surface area contributed by atoms with E-state index in [4.69, 9.17) is 4.74 Å². The van der Waals surface area contributed by atoms with Crippen molar-refractivity contribution in [2.24, 2.45) is 0 Å². The Bertz CT molecular complexity index is 950. The van der Waals surface area contributed by atoms with Crippen LogP contribution in [0, 0.1) is 0 Å². The Balaban J connectivity index is 4.54. The molecule has 0 rings (SSSR count). The molecule has 0 aromatic carbocycles. The standard InChI is InChI=1S/C54H103NO5/c1-4-7-10-13-16-19-21-23-25-26-27-28-30-32-35-38-41-44-47-54(59)60-50(45-42-39-36-34-31-29-24-22-20-17-14-11-8-5-2)48-53(58)55-51(49-56)52(57)46-43-40-37-33-18-15-12-9-6-3/h25-28,50-52,56-57H,4-24,29-49H2,1-3H3,(H,55,58)/b26-25+,28-27+. The van der Waals surface area contributed by atoms with Crippen molar-refractivity contribution < 1.29 is 24.5 Å². The van der Waals surface area contributed by atoms with Gasteiger partial charge in [-0.3, -0.25) is 9.59 Å². The molecule has 3 atom stereocenters. The fourth-order valence-electron chi connectivity index (χ4n) is 8.25. The number of rotatable bonds is 48. The molecule has 6 heteroatoms. The normalized spacial score (nSPS) is 13.3. The average molecular weight is 846 g/mol. The molecule has 60 heavy (non-hydrogen) atoms. The monoisotopic (exact) mass is 846 g/mol. The average Bonchev–Trinajstić information content (AvgIpc) is 3.24. The first-order chi connectivity index (χ1) is 29.5. The summed E-state index contributed by atoms with van der Waals surface area (Å²) in [5.41, 5.74) is 0. The summed E-state index contributed by atoms with van der Waals surface area (Å²) in [6, 6.07) is -0.698. The fourth-order valence-corrected chi connectivity index (χ4v) is 8.25. The maximum absolute atomic E-state index is 13.2. The number of allylic oxidation sites excluding steroid dienone is 4. The van der Waals surface area contributed by atoms with Crippen LogP contribution in [0.2, 0.25) is 0 Å². The number of carbonyl (C=O) groups is 2. The summed E-state index contributed by atoms with van der Waals surface area (Å²) in [5, 5.41) is 23.7. The molecule has 0 aromatic heterocycles. The van der Waals surface area contributed by atoms with Gasteiger partial charge in [-0.1, -0.05) is 244 Å². The van der Waals surface area contributed by atoms with Gasteiger partial charge in [-0.25, -0.2) is 0 Å². The van der Waals surface area contributed by atoms with Gasteiger partial charge in [0.2, 0.25) is 5.91 Å². The maximum Gasteiger partial charge on any atom is 0.306 e. The molecule has 0 spiro atoms. The summed E-state index contributed by atoms with van der Waals surface area (Å²) in [5.74, 6) is -0.477. The third kappa shape index (κ3) is 43.0. The minimum atomic E-state index is -0.785. The lowest BCUT2D eigenvalue weighted by Crippen LogP contribution is -2.46. The molecule has 6 nitrogen and oxygen atoms in total. The lowest BCUT2D eigenvalue weighted by atomic mass is 10.0. The predicted molar refractivity (Wildman–Crippen MR) is 260 cm³/mol. The molecular weight excluding hydrogens is 743 g/mol. The second-order valence-corrected chi connectivity index (χ2v) is 18.3. The van der Waals surface area contributed by atoms with Crippen LogP contribution in [-0.2, 0) is 14.3 Å². The fraction of sp³-hybridized carbons (Fsp3) is 0.889. The van der Waals surface area contributed by atoms with Gasteiger partial charge < -0.3 is 20.3 Å². The van der Waals surface area contributed by atoms with Crippen LogP contribution in [0.4, 0.5) is 0 Å². The van der Waals surface area contributed by atoms with E-state index < -0.39 is 18.2 Å². The maximum atomic E-state index is 13.2. The van der Waals surface area contributed by atoms with Gasteiger partial charge in [-0.15, -0.1) is 0 Å². The predicted octanol–water partition coefficient (Wildman–Crippen LogP) is 15.9. The van der Waals surface area contributed by atoms with Crippen molar-refractivity contribution >= 4 is 11.9 Å². The Hall–Kier alpha value is -1.66. The lowest BCUT2D eigenvalue weighted by Gasteiger charge is -2.24. The number of nitrogens with one attached hydrogen (secondary N) is 1. The Kier molecular flexibility index (Phi) is 47.0. The molecule has 0 saturated heterocycles. The van der Waals surface area contributed by atoms with Gasteiger partial charge in [0.1, 0.15) is 6.10 Å². The van der Waals surface area contributed by atoms with Crippen LogP contribution in [0.5, 0.6) is 0 Å². The molecular formula is C54H103NO5. The highest BCUT2D eigenvalue weighted by Crippen LogP contribution is 2.18. The van der Waals surface area contributed by atoms with Crippen molar-refractivity contribution in [1.29, 1.82) is 0 Å². The van der Waals surface area contributed by atoms with Crippen molar-refractivity contribution in [3.8, 4) is 0 Å². The van der Waals surface area contributed by atoms with Crippen molar-refractivity contribution in [3.63, 3.8) is 0 Å². The summed E-state index contributed by atoms with van der Waals surface area (Å²) in [7, 11) is 0. The molecule has 0 aromatic rings. The Morgan fingerprint density at radius 3 is 1.23 bits per heavy atom. The van der Waals surface area contributed by atoms with Gasteiger partial charge in [-0.2, -0.15) is 0 Å². The molecule has 0 saturated carbocycles. The summed E-state index contributed by atoms with van der Waals surface area (Å²) in [6.07, 6.45) is 55.3. The van der Waals surface area contributed by atoms with E-state index in [0.717, 1.165) is 57.8 Å². The van der Waals surface area contributed by atoms with Gasteiger partial charge in [-0.05, 0) is 51.4 Å². The number of aliphatic hydroxyl groups excluding tert-OH is 2. The number of hydrogen-bond acceptors (Lipinski definition) is 5. The van der Waals surface area contributed by atoms with E-state index in [1.54, 1.807) is 0 Å². The molecule has 0 bridgehead atoms. The molecule has 0 fully saturated rings. The summed E-state index contributed by atoms with van der Waals surface area (Å²) in [6.45, 7) is 6.48. The number of amides is 1. The highest BCUT2D eigenvalue weighted by molar-refractivity contribution is 5.77. The van der Waals surface area contributed by atoms with Crippen LogP contribution >= 0.6 is 0 Å². The van der Waals surface area contributed by atoms with Gasteiger partial charge in [0.05, 0.1) is 25.2 Å². The quantitative estimate of drug-likeness (QED) is 0.0322. The highest BCUT2D eigenvalue weighted by atomic mass is 16.5. The zero-order chi connectivity index (χ0) is 43.8. The van der Waals surface area contributed by atoms with Gasteiger partial charge >= 0.3 is 5.97 Å². The first-order valence-corrected chi connectivity index (χ1v) is 26.6. The minimum absolute atomic E-state index is 0.0767. The zero-order valence-electron chi connectivity index (χ0n) is 40.4. The molecule has 0 heterocycles. The number of esters is 1. The van der Waals surface area contributed by atoms with E-state index in [2.05, 4.69) is 50.4 Å². The van der Waals surface area contributed by atoms with E-state index in [0.29, 0.717) is 19.3 Å². The van der Waals surface area contributed by atoms with Crippen LogP contribution in [-0.4, -0.2) is 46.9 Å². The van der Waals surface area contributed by atoms with Crippen molar-refractivity contribution in [2.45, 2.75) is 302 Å². The first kappa shape index (κ1) is 58.3. The molecule has 3 unspecified atom stereocenters. The smallest absolute Gasteiger partial charge is 0.306 e. The van der Waals surface area contributed by atoms with Gasteiger partial charge in [0.15, 0.2) is 0 Å². The van der Waals surface area contributed by atoms with Crippen molar-refractivity contribution in [2.75, 3.05) is 6.61 Å². The molecule has 3 N–H and O–H groups in total. The second kappa shape index (κ2) is 48.4. The molecule has 0 aliphatic carbocycles. The second-order valence-electron chi connectivity index (χ2n) is 18.3. The molecule has 0 aliphatic heterocycles. The Morgan fingerprint density at radius 2 is 0.833 bits per heavy atom. The van der Waals surface area contributed by atoms with Crippen molar-refractivity contribution in [3.05, 3.63) is 24.3 Å². The number of aliphatic hydroxyl groups is 2.